The predicted octanol–water partition coefficient (Wildman–Crippen LogP) is 0.813. The summed E-state index contributed by atoms with van der Waals surface area (Å²) in [6, 6.07) is 2.92. The van der Waals surface area contributed by atoms with Crippen LogP contribution in [0.1, 0.15) is 18.3 Å². The fourth-order valence-corrected chi connectivity index (χ4v) is 3.35. The standard InChI is InChI=1S/C12H15N5O2S2/c1-3-8-9(7-17(2)15-8)16-21(18,19)10-5-4-6-14-11(10)12(13)20/h4-7,16H,3H2,1-2H3,(H2,13,20). The van der Waals surface area contributed by atoms with Crippen molar-refractivity contribution >= 4 is 32.9 Å². The second-order valence-corrected chi connectivity index (χ2v) is 6.43. The number of hydrogen-bond donors (Lipinski definition) is 2. The number of nitrogens with one attached hydrogen (secondary N) is 1. The van der Waals surface area contributed by atoms with E-state index in [4.69, 9.17) is 18.0 Å². The van der Waals surface area contributed by atoms with E-state index >= 15 is 0 Å². The first kappa shape index (κ1) is 15.4. The largest absolute Gasteiger partial charge is 0.388 e. The first-order valence-electron chi connectivity index (χ1n) is 6.15. The monoisotopic (exact) mass is 325 g/mol. The molecule has 21 heavy (non-hydrogen) atoms. The highest BCUT2D eigenvalue weighted by atomic mass is 32.2. The van der Waals surface area contributed by atoms with Gasteiger partial charge in [-0.1, -0.05) is 19.1 Å². The summed E-state index contributed by atoms with van der Waals surface area (Å²) in [6.45, 7) is 1.89. The van der Waals surface area contributed by atoms with Crippen molar-refractivity contribution < 1.29 is 8.42 Å². The normalized spacial score (nSPS) is 11.3. The SMILES string of the molecule is CCc1nn(C)cc1NS(=O)(=O)c1cccnc1C(N)=S. The van der Waals surface area contributed by atoms with E-state index in [1.54, 1.807) is 17.9 Å². The molecule has 0 fully saturated rings. The summed E-state index contributed by atoms with van der Waals surface area (Å²) in [7, 11) is -2.12. The maximum Gasteiger partial charge on any atom is 0.264 e. The molecule has 2 aromatic rings. The first-order chi connectivity index (χ1) is 9.85. The molecule has 0 radical (unpaired) electrons. The number of aromatic nitrogens is 3. The van der Waals surface area contributed by atoms with Crippen molar-refractivity contribution in [2.45, 2.75) is 18.2 Å². The Morgan fingerprint density at radius 1 is 1.52 bits per heavy atom. The summed E-state index contributed by atoms with van der Waals surface area (Å²) in [5, 5.41) is 4.19. The van der Waals surface area contributed by atoms with Gasteiger partial charge in [0.25, 0.3) is 10.0 Å². The Kier molecular flexibility index (Phi) is 4.24. The van der Waals surface area contributed by atoms with Crippen LogP contribution < -0.4 is 10.5 Å². The van der Waals surface area contributed by atoms with Crippen molar-refractivity contribution in [3.63, 3.8) is 0 Å². The molecular weight excluding hydrogens is 310 g/mol. The van der Waals surface area contributed by atoms with Crippen molar-refractivity contribution in [1.29, 1.82) is 0 Å². The Labute approximate surface area is 128 Å². The van der Waals surface area contributed by atoms with Gasteiger partial charge in [-0.2, -0.15) is 5.10 Å². The highest BCUT2D eigenvalue weighted by Gasteiger charge is 2.22. The van der Waals surface area contributed by atoms with Crippen LogP contribution in [0.15, 0.2) is 29.4 Å². The maximum atomic E-state index is 12.5. The smallest absolute Gasteiger partial charge is 0.264 e. The lowest BCUT2D eigenvalue weighted by molar-refractivity contribution is 0.600. The van der Waals surface area contributed by atoms with Gasteiger partial charge in [-0.15, -0.1) is 0 Å². The van der Waals surface area contributed by atoms with Gasteiger partial charge >= 0.3 is 0 Å². The van der Waals surface area contributed by atoms with E-state index in [0.717, 1.165) is 0 Å². The van der Waals surface area contributed by atoms with E-state index in [2.05, 4.69) is 14.8 Å². The third kappa shape index (κ3) is 3.19. The molecule has 2 rings (SSSR count). The second kappa shape index (κ2) is 5.78. The molecule has 2 aromatic heterocycles. The molecule has 0 bridgehead atoms. The van der Waals surface area contributed by atoms with Crippen LogP contribution in [0.4, 0.5) is 5.69 Å². The van der Waals surface area contributed by atoms with Crippen molar-refractivity contribution in [2.24, 2.45) is 12.8 Å². The van der Waals surface area contributed by atoms with E-state index in [0.29, 0.717) is 17.8 Å². The van der Waals surface area contributed by atoms with Gasteiger partial charge in [-0.25, -0.2) is 8.42 Å². The molecule has 0 aliphatic rings. The van der Waals surface area contributed by atoms with Gasteiger partial charge in [0.2, 0.25) is 0 Å². The minimum absolute atomic E-state index is 0.0524. The maximum absolute atomic E-state index is 12.5. The highest BCUT2D eigenvalue weighted by molar-refractivity contribution is 7.93. The molecule has 0 atom stereocenters. The number of anilines is 1. The zero-order chi connectivity index (χ0) is 15.6. The molecule has 0 spiro atoms. The highest BCUT2D eigenvalue weighted by Crippen LogP contribution is 2.21. The van der Waals surface area contributed by atoms with Gasteiger partial charge in [-0.05, 0) is 18.6 Å². The van der Waals surface area contributed by atoms with E-state index < -0.39 is 10.0 Å². The third-order valence-corrected chi connectivity index (χ3v) is 4.37. The molecule has 112 valence electrons. The molecule has 2 heterocycles. The Balaban J connectivity index is 2.46. The van der Waals surface area contributed by atoms with Crippen LogP contribution >= 0.6 is 12.2 Å². The molecule has 0 saturated carbocycles. The van der Waals surface area contributed by atoms with Crippen molar-refractivity contribution in [3.8, 4) is 0 Å². The number of sulfonamides is 1. The van der Waals surface area contributed by atoms with Crippen LogP contribution in [0.25, 0.3) is 0 Å². The summed E-state index contributed by atoms with van der Waals surface area (Å²) < 4.78 is 29.1. The van der Waals surface area contributed by atoms with E-state index in [-0.39, 0.29) is 15.6 Å². The number of rotatable bonds is 5. The lowest BCUT2D eigenvalue weighted by Gasteiger charge is -2.10. The summed E-state index contributed by atoms with van der Waals surface area (Å²) in [4.78, 5) is 3.80. The molecule has 0 amide bonds. The topological polar surface area (TPSA) is 103 Å². The Morgan fingerprint density at radius 2 is 2.24 bits per heavy atom. The number of hydrogen-bond acceptors (Lipinski definition) is 5. The summed E-state index contributed by atoms with van der Waals surface area (Å²) >= 11 is 4.84. The molecule has 0 aromatic carbocycles. The average molecular weight is 325 g/mol. The van der Waals surface area contributed by atoms with Crippen LogP contribution in [0.3, 0.4) is 0 Å². The number of nitrogens with zero attached hydrogens (tertiary/aromatic N) is 3. The lowest BCUT2D eigenvalue weighted by Crippen LogP contribution is -2.21. The minimum Gasteiger partial charge on any atom is -0.388 e. The molecule has 9 heteroatoms. The Hall–Kier alpha value is -2.00. The molecule has 0 unspecified atom stereocenters. The van der Waals surface area contributed by atoms with E-state index in [9.17, 15) is 8.42 Å². The Morgan fingerprint density at radius 3 is 2.86 bits per heavy atom. The summed E-state index contributed by atoms with van der Waals surface area (Å²) in [6.07, 6.45) is 3.65. The van der Waals surface area contributed by atoms with Gasteiger partial charge in [0.1, 0.15) is 15.6 Å². The summed E-state index contributed by atoms with van der Waals surface area (Å²) in [5.41, 5.74) is 6.68. The predicted molar refractivity (Wildman–Crippen MR) is 83.5 cm³/mol. The summed E-state index contributed by atoms with van der Waals surface area (Å²) in [5.74, 6) is 0. The zero-order valence-corrected chi connectivity index (χ0v) is 13.2. The quantitative estimate of drug-likeness (QED) is 0.789. The zero-order valence-electron chi connectivity index (χ0n) is 11.6. The van der Waals surface area contributed by atoms with Crippen LogP contribution in [0.5, 0.6) is 0 Å². The van der Waals surface area contributed by atoms with Crippen molar-refractivity contribution in [1.82, 2.24) is 14.8 Å². The van der Waals surface area contributed by atoms with Gasteiger partial charge in [0, 0.05) is 19.4 Å². The van der Waals surface area contributed by atoms with Gasteiger partial charge in [-0.3, -0.25) is 14.4 Å². The molecule has 0 saturated heterocycles. The number of thiocarbonyl (C=S) groups is 1. The van der Waals surface area contributed by atoms with Crippen LogP contribution in [-0.4, -0.2) is 28.2 Å². The fourth-order valence-electron chi connectivity index (χ4n) is 1.87. The second-order valence-electron chi connectivity index (χ2n) is 4.34. The van der Waals surface area contributed by atoms with Gasteiger partial charge in [0.05, 0.1) is 11.4 Å². The number of aryl methyl sites for hydroxylation is 2. The first-order valence-corrected chi connectivity index (χ1v) is 8.04. The number of nitrogens with two attached hydrogens (primary N) is 1. The average Bonchev–Trinajstić information content (AvgIpc) is 2.78. The van der Waals surface area contributed by atoms with Crippen molar-refractivity contribution in [3.05, 3.63) is 35.9 Å². The van der Waals surface area contributed by atoms with Crippen LogP contribution in [0, 0.1) is 0 Å². The van der Waals surface area contributed by atoms with Crippen molar-refractivity contribution in [2.75, 3.05) is 4.72 Å². The molecule has 3 N–H and O–H groups in total. The molecule has 7 nitrogen and oxygen atoms in total. The van der Waals surface area contributed by atoms with Crippen LogP contribution in [-0.2, 0) is 23.5 Å². The molecule has 0 aliphatic heterocycles. The fraction of sp³-hybridized carbons (Fsp3) is 0.250. The van der Waals surface area contributed by atoms with Crippen LogP contribution in [0.2, 0.25) is 0 Å². The van der Waals surface area contributed by atoms with Gasteiger partial charge in [0.15, 0.2) is 0 Å². The molecular formula is C12H15N5O2S2. The Bertz CT molecular complexity index is 783. The minimum atomic E-state index is -3.84. The lowest BCUT2D eigenvalue weighted by atomic mass is 10.3. The van der Waals surface area contributed by atoms with E-state index in [1.807, 2.05) is 6.92 Å². The van der Waals surface area contributed by atoms with E-state index in [1.165, 1.54) is 18.3 Å². The van der Waals surface area contributed by atoms with Gasteiger partial charge < -0.3 is 5.73 Å². The molecule has 0 aliphatic carbocycles. The third-order valence-electron chi connectivity index (χ3n) is 2.78. The number of pyridine rings is 1.